The minimum Gasteiger partial charge on any atom is -0.497 e. The zero-order valence-electron chi connectivity index (χ0n) is 6.57. The van der Waals surface area contributed by atoms with Gasteiger partial charge >= 0.3 is 0 Å². The Bertz CT molecular complexity index is 325. The molecule has 1 heterocycles. The number of ether oxygens (including phenoxy) is 1. The molecule has 0 aliphatic carbocycles. The first kappa shape index (κ1) is 7.49. The Balaban J connectivity index is 2.44. The molecule has 0 radical (unpaired) electrons. The van der Waals surface area contributed by atoms with Gasteiger partial charge in [0.15, 0.2) is 0 Å². The highest BCUT2D eigenvalue weighted by molar-refractivity contribution is 7.97. The van der Waals surface area contributed by atoms with E-state index in [1.807, 2.05) is 18.2 Å². The molecule has 1 aromatic rings. The van der Waals surface area contributed by atoms with Crippen molar-refractivity contribution in [3.63, 3.8) is 0 Å². The number of benzene rings is 1. The van der Waals surface area contributed by atoms with Gasteiger partial charge in [0.25, 0.3) is 0 Å². The number of nitrogens with one attached hydrogen (secondary N) is 1. The Morgan fingerprint density at radius 3 is 3.25 bits per heavy atom. The van der Waals surface area contributed by atoms with Crippen molar-refractivity contribution in [3.05, 3.63) is 23.8 Å². The van der Waals surface area contributed by atoms with Gasteiger partial charge in [0.2, 0.25) is 0 Å². The molecule has 0 amide bonds. The van der Waals surface area contributed by atoms with E-state index in [9.17, 15) is 0 Å². The number of rotatable bonds is 1. The van der Waals surface area contributed by atoms with Crippen LogP contribution in [0, 0.1) is 0 Å². The maximum Gasteiger partial charge on any atom is 0.119 e. The summed E-state index contributed by atoms with van der Waals surface area (Å²) >= 11 is 1.50. The van der Waals surface area contributed by atoms with Crippen molar-refractivity contribution in [3.8, 4) is 5.75 Å². The fraction of sp³-hybridized carbons (Fsp3) is 0.125. The van der Waals surface area contributed by atoms with Crippen LogP contribution in [0.15, 0.2) is 28.2 Å². The summed E-state index contributed by atoms with van der Waals surface area (Å²) in [5.41, 5.74) is 1.10. The lowest BCUT2D eigenvalue weighted by molar-refractivity contribution is 0.414. The summed E-state index contributed by atoms with van der Waals surface area (Å²) in [6.45, 7) is 0. The Labute approximate surface area is 74.9 Å². The van der Waals surface area contributed by atoms with E-state index in [1.54, 1.807) is 13.3 Å². The number of hydrogen-bond acceptors (Lipinski definition) is 4. The van der Waals surface area contributed by atoms with E-state index in [1.165, 1.54) is 16.8 Å². The smallest absolute Gasteiger partial charge is 0.119 e. The number of hydrazone groups is 1. The molecule has 1 aliphatic rings. The van der Waals surface area contributed by atoms with Gasteiger partial charge in [-0.1, -0.05) is 0 Å². The Morgan fingerprint density at radius 2 is 2.42 bits per heavy atom. The van der Waals surface area contributed by atoms with E-state index in [0.717, 1.165) is 11.3 Å². The van der Waals surface area contributed by atoms with Crippen LogP contribution in [0.25, 0.3) is 0 Å². The highest BCUT2D eigenvalue weighted by atomic mass is 32.2. The van der Waals surface area contributed by atoms with Gasteiger partial charge in [0, 0.05) is 22.4 Å². The normalized spacial score (nSPS) is 13.4. The Kier molecular flexibility index (Phi) is 1.91. The molecule has 0 fully saturated rings. The van der Waals surface area contributed by atoms with Gasteiger partial charge in [0.05, 0.1) is 13.3 Å². The maximum absolute atomic E-state index is 5.09. The second-order valence-corrected chi connectivity index (χ2v) is 3.18. The van der Waals surface area contributed by atoms with E-state index >= 15 is 0 Å². The summed E-state index contributed by atoms with van der Waals surface area (Å²) in [6.07, 6.45) is 1.79. The minimum atomic E-state index is 0.864. The van der Waals surface area contributed by atoms with Crippen molar-refractivity contribution in [1.29, 1.82) is 0 Å². The Morgan fingerprint density at radius 1 is 1.50 bits per heavy atom. The van der Waals surface area contributed by atoms with Crippen molar-refractivity contribution in [1.82, 2.24) is 4.83 Å². The molecule has 0 saturated heterocycles. The van der Waals surface area contributed by atoms with Crippen LogP contribution in [0.5, 0.6) is 5.75 Å². The molecule has 12 heavy (non-hydrogen) atoms. The van der Waals surface area contributed by atoms with Crippen molar-refractivity contribution < 1.29 is 4.74 Å². The summed E-state index contributed by atoms with van der Waals surface area (Å²) in [4.78, 5) is 4.00. The average molecular weight is 180 g/mol. The van der Waals surface area contributed by atoms with Gasteiger partial charge in [-0.25, -0.2) is 4.83 Å². The van der Waals surface area contributed by atoms with Gasteiger partial charge in [-0.3, -0.25) is 0 Å². The number of fused-ring (bicyclic) bond motifs is 1. The monoisotopic (exact) mass is 180 g/mol. The predicted molar refractivity (Wildman–Crippen MR) is 49.6 cm³/mol. The second kappa shape index (κ2) is 3.06. The quantitative estimate of drug-likeness (QED) is 0.667. The molecule has 0 unspecified atom stereocenters. The van der Waals surface area contributed by atoms with Crippen LogP contribution in [0.3, 0.4) is 0 Å². The third kappa shape index (κ3) is 1.25. The van der Waals surface area contributed by atoms with Gasteiger partial charge in [-0.2, -0.15) is 5.10 Å². The number of hydrogen-bond donors (Lipinski definition) is 1. The lowest BCUT2D eigenvalue weighted by Crippen LogP contribution is -2.02. The summed E-state index contributed by atoms with van der Waals surface area (Å²) in [5, 5.41) is 3.93. The fourth-order valence-electron chi connectivity index (χ4n) is 1.02. The molecule has 1 aliphatic heterocycles. The van der Waals surface area contributed by atoms with E-state index in [2.05, 4.69) is 9.93 Å². The highest BCUT2D eigenvalue weighted by Crippen LogP contribution is 2.25. The summed E-state index contributed by atoms with van der Waals surface area (Å²) in [7, 11) is 1.66. The molecule has 0 bridgehead atoms. The molecular weight excluding hydrogens is 172 g/mol. The first-order chi connectivity index (χ1) is 5.90. The van der Waals surface area contributed by atoms with Gasteiger partial charge in [-0.15, -0.1) is 0 Å². The van der Waals surface area contributed by atoms with Gasteiger partial charge in [0.1, 0.15) is 5.75 Å². The largest absolute Gasteiger partial charge is 0.497 e. The van der Waals surface area contributed by atoms with Crippen molar-refractivity contribution in [2.24, 2.45) is 5.10 Å². The molecule has 0 spiro atoms. The maximum atomic E-state index is 5.09. The van der Waals surface area contributed by atoms with Crippen molar-refractivity contribution >= 4 is 18.2 Å². The van der Waals surface area contributed by atoms with Crippen LogP contribution in [0.2, 0.25) is 0 Å². The van der Waals surface area contributed by atoms with Crippen LogP contribution in [0.4, 0.5) is 0 Å². The molecule has 0 saturated carbocycles. The molecule has 0 atom stereocenters. The van der Waals surface area contributed by atoms with Crippen LogP contribution in [-0.2, 0) is 0 Å². The molecule has 1 N–H and O–H groups in total. The Hall–Kier alpha value is -1.16. The topological polar surface area (TPSA) is 33.6 Å². The fourth-order valence-corrected chi connectivity index (χ4v) is 1.59. The predicted octanol–water partition coefficient (Wildman–Crippen LogP) is 1.64. The van der Waals surface area contributed by atoms with Crippen LogP contribution in [-0.4, -0.2) is 13.3 Å². The van der Waals surface area contributed by atoms with Crippen molar-refractivity contribution in [2.45, 2.75) is 4.90 Å². The van der Waals surface area contributed by atoms with Crippen LogP contribution in [0.1, 0.15) is 5.56 Å². The zero-order chi connectivity index (χ0) is 8.39. The number of methoxy groups -OCH3 is 1. The van der Waals surface area contributed by atoms with Gasteiger partial charge < -0.3 is 4.74 Å². The SMILES string of the molecule is COc1ccc2c(c1)C=NNS2. The van der Waals surface area contributed by atoms with E-state index in [-0.39, 0.29) is 0 Å². The van der Waals surface area contributed by atoms with E-state index in [0.29, 0.717) is 0 Å². The van der Waals surface area contributed by atoms with Gasteiger partial charge in [-0.05, 0) is 18.2 Å². The summed E-state index contributed by atoms with van der Waals surface area (Å²) < 4.78 is 5.09. The summed E-state index contributed by atoms with van der Waals surface area (Å²) in [6, 6.07) is 5.91. The van der Waals surface area contributed by atoms with E-state index in [4.69, 9.17) is 4.74 Å². The van der Waals surface area contributed by atoms with Crippen LogP contribution >= 0.6 is 11.9 Å². The second-order valence-electron chi connectivity index (χ2n) is 2.36. The molecule has 62 valence electrons. The first-order valence-corrected chi connectivity index (χ1v) is 4.35. The average Bonchev–Trinajstić information content (AvgIpc) is 2.17. The molecule has 2 rings (SSSR count). The third-order valence-corrected chi connectivity index (χ3v) is 2.42. The zero-order valence-corrected chi connectivity index (χ0v) is 7.39. The molecule has 4 heteroatoms. The summed E-state index contributed by atoms with van der Waals surface area (Å²) in [5.74, 6) is 0.864. The molecule has 0 aromatic heterocycles. The third-order valence-electron chi connectivity index (χ3n) is 1.63. The van der Waals surface area contributed by atoms with E-state index < -0.39 is 0 Å². The molecular formula is C8H8N2OS. The highest BCUT2D eigenvalue weighted by Gasteiger charge is 2.05. The number of nitrogens with zero attached hydrogens (tertiary/aromatic N) is 1. The minimum absolute atomic E-state index is 0.864. The lowest BCUT2D eigenvalue weighted by atomic mass is 10.2. The standard InChI is InChI=1S/C8H8N2OS/c1-11-7-2-3-8-6(4-7)5-9-10-12-8/h2-5,10H,1H3. The van der Waals surface area contributed by atoms with Crippen LogP contribution < -0.4 is 9.57 Å². The first-order valence-electron chi connectivity index (χ1n) is 3.53. The molecule has 3 nitrogen and oxygen atoms in total. The van der Waals surface area contributed by atoms with Crippen molar-refractivity contribution in [2.75, 3.05) is 7.11 Å². The lowest BCUT2D eigenvalue weighted by Gasteiger charge is -2.10. The molecule has 1 aromatic carbocycles.